The predicted molar refractivity (Wildman–Crippen MR) is 58.1 cm³/mol. The number of hydrogen-bond acceptors (Lipinski definition) is 3. The molecular formula is C11H9FN4O. The molecule has 0 saturated carbocycles. The van der Waals surface area contributed by atoms with E-state index in [9.17, 15) is 9.18 Å². The van der Waals surface area contributed by atoms with Gasteiger partial charge in [0.2, 0.25) is 0 Å². The zero-order valence-electron chi connectivity index (χ0n) is 9.09. The van der Waals surface area contributed by atoms with Crippen molar-refractivity contribution in [2.75, 3.05) is 0 Å². The monoisotopic (exact) mass is 232 g/mol. The van der Waals surface area contributed by atoms with Crippen molar-refractivity contribution in [2.45, 2.75) is 13.5 Å². The number of aromatic nitrogens is 3. The van der Waals surface area contributed by atoms with E-state index < -0.39 is 5.69 Å². The molecule has 0 unspecified atom stereocenters. The standard InChI is InChI=1S/C11H9FN4O/c1-8-14-15(7-6-13)11(17)16(8)10-4-2-9(12)3-5-10/h2-5H,7H2,1H3. The summed E-state index contributed by atoms with van der Waals surface area (Å²) in [6, 6.07) is 7.36. The molecule has 1 aromatic heterocycles. The largest absolute Gasteiger partial charge is 0.351 e. The minimum absolute atomic E-state index is 0.103. The highest BCUT2D eigenvalue weighted by molar-refractivity contribution is 5.32. The second-order valence-electron chi connectivity index (χ2n) is 3.46. The Morgan fingerprint density at radius 3 is 2.65 bits per heavy atom. The molecule has 6 heteroatoms. The maximum Gasteiger partial charge on any atom is 0.351 e. The van der Waals surface area contributed by atoms with Gasteiger partial charge in [0.05, 0.1) is 11.8 Å². The lowest BCUT2D eigenvalue weighted by Gasteiger charge is -2.01. The molecule has 0 spiro atoms. The molecule has 0 fully saturated rings. The molecule has 0 N–H and O–H groups in total. The fourth-order valence-electron chi connectivity index (χ4n) is 1.57. The van der Waals surface area contributed by atoms with Gasteiger partial charge in [-0.15, -0.1) is 0 Å². The number of rotatable bonds is 2. The molecule has 5 nitrogen and oxygen atoms in total. The fourth-order valence-corrected chi connectivity index (χ4v) is 1.57. The first-order chi connectivity index (χ1) is 8.13. The number of benzene rings is 1. The van der Waals surface area contributed by atoms with Gasteiger partial charge in [-0.2, -0.15) is 15.0 Å². The molecule has 0 saturated heterocycles. The lowest BCUT2D eigenvalue weighted by molar-refractivity contribution is 0.627. The Balaban J connectivity index is 2.57. The van der Waals surface area contributed by atoms with Crippen molar-refractivity contribution in [2.24, 2.45) is 0 Å². The van der Waals surface area contributed by atoms with Crippen molar-refractivity contribution in [3.63, 3.8) is 0 Å². The van der Waals surface area contributed by atoms with Crippen molar-refractivity contribution < 1.29 is 4.39 Å². The molecule has 2 aromatic rings. The molecule has 0 radical (unpaired) electrons. The van der Waals surface area contributed by atoms with Crippen LogP contribution in [-0.2, 0) is 6.54 Å². The van der Waals surface area contributed by atoms with Crippen LogP contribution in [0.5, 0.6) is 0 Å². The van der Waals surface area contributed by atoms with Crippen LogP contribution in [-0.4, -0.2) is 14.3 Å². The Labute approximate surface area is 96.3 Å². The second kappa shape index (κ2) is 4.22. The van der Waals surface area contributed by atoms with Gasteiger partial charge in [0.1, 0.15) is 18.2 Å². The summed E-state index contributed by atoms with van der Waals surface area (Å²) in [5.74, 6) is 0.0840. The Kier molecular flexibility index (Phi) is 2.75. The number of halogens is 1. The first-order valence-corrected chi connectivity index (χ1v) is 4.93. The molecular weight excluding hydrogens is 223 g/mol. The molecule has 1 aromatic carbocycles. The third-order valence-electron chi connectivity index (χ3n) is 2.31. The minimum Gasteiger partial charge on any atom is -0.247 e. The number of nitrogens with zero attached hydrogens (tertiary/aromatic N) is 4. The molecule has 0 atom stereocenters. The highest BCUT2D eigenvalue weighted by Crippen LogP contribution is 2.08. The van der Waals surface area contributed by atoms with E-state index >= 15 is 0 Å². The van der Waals surface area contributed by atoms with Crippen LogP contribution < -0.4 is 5.69 Å². The van der Waals surface area contributed by atoms with Crippen molar-refractivity contribution in [3.8, 4) is 11.8 Å². The van der Waals surface area contributed by atoms with E-state index in [1.165, 1.54) is 28.8 Å². The summed E-state index contributed by atoms with van der Waals surface area (Å²) >= 11 is 0. The van der Waals surface area contributed by atoms with E-state index in [4.69, 9.17) is 5.26 Å². The lowest BCUT2D eigenvalue weighted by Crippen LogP contribution is -2.23. The molecule has 1 heterocycles. The van der Waals surface area contributed by atoms with Gasteiger partial charge in [-0.3, -0.25) is 0 Å². The minimum atomic E-state index is -0.407. The number of nitriles is 1. The van der Waals surface area contributed by atoms with Gasteiger partial charge in [-0.05, 0) is 31.2 Å². The topological polar surface area (TPSA) is 63.6 Å². The molecule has 0 aliphatic rings. The molecule has 0 amide bonds. The second-order valence-corrected chi connectivity index (χ2v) is 3.46. The van der Waals surface area contributed by atoms with Crippen molar-refractivity contribution in [1.29, 1.82) is 5.26 Å². The average molecular weight is 232 g/mol. The van der Waals surface area contributed by atoms with E-state index in [1.54, 1.807) is 6.92 Å². The maximum absolute atomic E-state index is 12.8. The summed E-state index contributed by atoms with van der Waals surface area (Å²) < 4.78 is 15.2. The SMILES string of the molecule is Cc1nn(CC#N)c(=O)n1-c1ccc(F)cc1. The van der Waals surface area contributed by atoms with Crippen LogP contribution in [0.25, 0.3) is 5.69 Å². The van der Waals surface area contributed by atoms with Crippen molar-refractivity contribution >= 4 is 0 Å². The van der Waals surface area contributed by atoms with Crippen molar-refractivity contribution in [1.82, 2.24) is 14.3 Å². The van der Waals surface area contributed by atoms with E-state index in [1.807, 2.05) is 6.07 Å². The van der Waals surface area contributed by atoms with E-state index in [-0.39, 0.29) is 12.4 Å². The van der Waals surface area contributed by atoms with Crippen molar-refractivity contribution in [3.05, 3.63) is 46.4 Å². The van der Waals surface area contributed by atoms with Gasteiger partial charge >= 0.3 is 5.69 Å². The molecule has 2 rings (SSSR count). The molecule has 17 heavy (non-hydrogen) atoms. The zero-order chi connectivity index (χ0) is 12.4. The first kappa shape index (κ1) is 11.1. The van der Waals surface area contributed by atoms with Gasteiger partial charge in [0, 0.05) is 0 Å². The highest BCUT2D eigenvalue weighted by Gasteiger charge is 2.11. The van der Waals surface area contributed by atoms with E-state index in [0.29, 0.717) is 11.5 Å². The van der Waals surface area contributed by atoms with Crippen LogP contribution in [0.1, 0.15) is 5.82 Å². The predicted octanol–water partition coefficient (Wildman–Crippen LogP) is 1.01. The molecule has 0 bridgehead atoms. The quantitative estimate of drug-likeness (QED) is 0.776. The highest BCUT2D eigenvalue weighted by atomic mass is 19.1. The number of hydrogen-bond donors (Lipinski definition) is 0. The third-order valence-corrected chi connectivity index (χ3v) is 2.31. The zero-order valence-corrected chi connectivity index (χ0v) is 9.09. The third kappa shape index (κ3) is 1.95. The van der Waals surface area contributed by atoms with Crippen LogP contribution in [0.2, 0.25) is 0 Å². The van der Waals surface area contributed by atoms with Crippen LogP contribution in [0.15, 0.2) is 29.1 Å². The Morgan fingerprint density at radius 1 is 1.41 bits per heavy atom. The summed E-state index contributed by atoms with van der Waals surface area (Å²) in [4.78, 5) is 11.9. The molecule has 86 valence electrons. The Hall–Kier alpha value is -2.42. The normalized spacial score (nSPS) is 10.2. The number of aryl methyl sites for hydroxylation is 1. The van der Waals surface area contributed by atoms with Crippen LogP contribution >= 0.6 is 0 Å². The fraction of sp³-hybridized carbons (Fsp3) is 0.182. The first-order valence-electron chi connectivity index (χ1n) is 4.93. The summed E-state index contributed by atoms with van der Waals surface area (Å²) in [5.41, 5.74) is 0.119. The Morgan fingerprint density at radius 2 is 2.06 bits per heavy atom. The van der Waals surface area contributed by atoms with Gasteiger partial charge in [-0.1, -0.05) is 0 Å². The van der Waals surface area contributed by atoms with Gasteiger partial charge in [-0.25, -0.2) is 13.8 Å². The summed E-state index contributed by atoms with van der Waals surface area (Å²) in [7, 11) is 0. The Bertz CT molecular complexity index is 633. The summed E-state index contributed by atoms with van der Waals surface area (Å²) in [6.45, 7) is 1.55. The average Bonchev–Trinajstić information content (AvgIpc) is 2.57. The van der Waals surface area contributed by atoms with E-state index in [0.717, 1.165) is 4.68 Å². The van der Waals surface area contributed by atoms with Crippen LogP contribution in [0.3, 0.4) is 0 Å². The van der Waals surface area contributed by atoms with Gasteiger partial charge < -0.3 is 0 Å². The summed E-state index contributed by atoms with van der Waals surface area (Å²) in [5, 5.41) is 12.5. The molecule has 0 aliphatic heterocycles. The van der Waals surface area contributed by atoms with Gasteiger partial charge in [0.15, 0.2) is 0 Å². The smallest absolute Gasteiger partial charge is 0.247 e. The van der Waals surface area contributed by atoms with Crippen LogP contribution in [0, 0.1) is 24.1 Å². The van der Waals surface area contributed by atoms with Crippen LogP contribution in [0.4, 0.5) is 4.39 Å². The van der Waals surface area contributed by atoms with Gasteiger partial charge in [0.25, 0.3) is 0 Å². The molecule has 0 aliphatic carbocycles. The summed E-state index contributed by atoms with van der Waals surface area (Å²) in [6.07, 6.45) is 0. The van der Waals surface area contributed by atoms with E-state index in [2.05, 4.69) is 5.10 Å². The lowest BCUT2D eigenvalue weighted by atomic mass is 10.3. The maximum atomic E-state index is 12.8.